The molecule has 1 saturated heterocycles. The molecule has 0 radical (unpaired) electrons. The van der Waals surface area contributed by atoms with Gasteiger partial charge in [0.05, 0.1) is 12.5 Å². The van der Waals surface area contributed by atoms with Gasteiger partial charge in [-0.3, -0.25) is 14.5 Å². The second-order valence-corrected chi connectivity index (χ2v) is 6.61. The number of nitrogens with one attached hydrogen (secondary N) is 1. The van der Waals surface area contributed by atoms with Crippen LogP contribution in [-0.4, -0.2) is 35.3 Å². The van der Waals surface area contributed by atoms with E-state index >= 15 is 0 Å². The Morgan fingerprint density at radius 3 is 2.80 bits per heavy atom. The summed E-state index contributed by atoms with van der Waals surface area (Å²) in [6, 6.07) is 3.99. The maximum Gasteiger partial charge on any atom is 0.247 e. The molecule has 2 aliphatic rings. The zero-order valence-electron chi connectivity index (χ0n) is 11.5. The Labute approximate surface area is 123 Å². The van der Waals surface area contributed by atoms with Crippen LogP contribution >= 0.6 is 11.3 Å². The molecule has 1 aromatic rings. The summed E-state index contributed by atoms with van der Waals surface area (Å²) in [4.78, 5) is 27.2. The van der Waals surface area contributed by atoms with E-state index in [1.165, 1.54) is 9.78 Å². The first-order valence-electron chi connectivity index (χ1n) is 7.37. The van der Waals surface area contributed by atoms with Crippen LogP contribution < -0.4 is 5.32 Å². The van der Waals surface area contributed by atoms with Crippen LogP contribution in [0.5, 0.6) is 0 Å². The summed E-state index contributed by atoms with van der Waals surface area (Å²) in [5, 5.41) is 5.31. The fourth-order valence-corrected chi connectivity index (χ4v) is 3.89. The van der Waals surface area contributed by atoms with Crippen LogP contribution in [0.1, 0.15) is 37.0 Å². The van der Waals surface area contributed by atoms with Crippen molar-refractivity contribution in [3.63, 3.8) is 0 Å². The first-order valence-corrected chi connectivity index (χ1v) is 8.25. The number of imide groups is 1. The number of hydrogen-bond acceptors (Lipinski definition) is 4. The highest BCUT2D eigenvalue weighted by molar-refractivity contribution is 7.09. The quantitative estimate of drug-likeness (QED) is 0.844. The maximum atomic E-state index is 12.3. The molecule has 20 heavy (non-hydrogen) atoms. The van der Waals surface area contributed by atoms with Crippen molar-refractivity contribution in [3.8, 4) is 0 Å². The van der Waals surface area contributed by atoms with E-state index in [1.807, 2.05) is 6.07 Å². The summed E-state index contributed by atoms with van der Waals surface area (Å²) in [5.74, 6) is 0.00334. The van der Waals surface area contributed by atoms with E-state index in [9.17, 15) is 9.59 Å². The molecule has 2 heterocycles. The van der Waals surface area contributed by atoms with Crippen LogP contribution in [0.15, 0.2) is 17.5 Å². The van der Waals surface area contributed by atoms with Crippen LogP contribution in [0.2, 0.25) is 0 Å². The van der Waals surface area contributed by atoms with Gasteiger partial charge in [-0.05, 0) is 30.7 Å². The Balaban J connectivity index is 1.53. The average molecular weight is 292 g/mol. The van der Waals surface area contributed by atoms with E-state index < -0.39 is 0 Å². The molecule has 1 saturated carbocycles. The lowest BCUT2D eigenvalue weighted by Crippen LogP contribution is -2.43. The van der Waals surface area contributed by atoms with Crippen molar-refractivity contribution >= 4 is 23.2 Å². The molecule has 2 fully saturated rings. The molecule has 0 spiro atoms. The third kappa shape index (κ3) is 2.79. The number of likely N-dealkylation sites (tertiary alicyclic amines) is 1. The first kappa shape index (κ1) is 13.8. The average Bonchev–Trinajstić information content (AvgIpc) is 3.13. The summed E-state index contributed by atoms with van der Waals surface area (Å²) in [7, 11) is 0. The molecule has 1 aliphatic carbocycles. The highest BCUT2D eigenvalue weighted by Gasteiger charge is 2.42. The van der Waals surface area contributed by atoms with Crippen molar-refractivity contribution in [2.45, 2.75) is 50.6 Å². The highest BCUT2D eigenvalue weighted by atomic mass is 32.1. The lowest BCUT2D eigenvalue weighted by molar-refractivity contribution is -0.141. The number of nitrogens with zero attached hydrogens (tertiary/aromatic N) is 1. The van der Waals surface area contributed by atoms with Crippen LogP contribution in [0.3, 0.4) is 0 Å². The second kappa shape index (κ2) is 6.06. The van der Waals surface area contributed by atoms with Gasteiger partial charge in [0.2, 0.25) is 11.8 Å². The van der Waals surface area contributed by atoms with Gasteiger partial charge in [-0.25, -0.2) is 0 Å². The fraction of sp³-hybridized carbons (Fsp3) is 0.600. The Morgan fingerprint density at radius 1 is 1.30 bits per heavy atom. The molecule has 1 unspecified atom stereocenters. The van der Waals surface area contributed by atoms with Gasteiger partial charge in [-0.15, -0.1) is 11.3 Å². The fourth-order valence-electron chi connectivity index (χ4n) is 3.18. The lowest BCUT2D eigenvalue weighted by Gasteiger charge is -2.22. The number of hydrogen-bond donors (Lipinski definition) is 1. The molecule has 1 aromatic heterocycles. The zero-order valence-corrected chi connectivity index (χ0v) is 12.3. The molecule has 5 heteroatoms. The Hall–Kier alpha value is -1.20. The third-order valence-electron chi connectivity index (χ3n) is 4.22. The van der Waals surface area contributed by atoms with Crippen LogP contribution in [0.25, 0.3) is 0 Å². The van der Waals surface area contributed by atoms with Gasteiger partial charge in [0.15, 0.2) is 0 Å². The molecular formula is C15H20N2O2S. The van der Waals surface area contributed by atoms with E-state index in [1.54, 1.807) is 11.3 Å². The van der Waals surface area contributed by atoms with E-state index in [2.05, 4.69) is 16.8 Å². The summed E-state index contributed by atoms with van der Waals surface area (Å²) in [6.45, 7) is 0.753. The standard InChI is InChI=1S/C15H20N2O2S/c18-14-10-13(16-8-7-12-6-3-9-20-12)15(19)17(14)11-4-1-2-5-11/h3,6,9,11,13,16H,1-2,4-5,7-8,10H2. The minimum Gasteiger partial charge on any atom is -0.305 e. The van der Waals surface area contributed by atoms with Gasteiger partial charge in [-0.2, -0.15) is 0 Å². The molecule has 1 atom stereocenters. The SMILES string of the molecule is O=C1CC(NCCc2cccs2)C(=O)N1C1CCCC1. The summed E-state index contributed by atoms with van der Waals surface area (Å²) in [5.41, 5.74) is 0. The van der Waals surface area contributed by atoms with Gasteiger partial charge in [0, 0.05) is 17.5 Å². The van der Waals surface area contributed by atoms with E-state index in [-0.39, 0.29) is 23.9 Å². The summed E-state index contributed by atoms with van der Waals surface area (Å²) < 4.78 is 0. The van der Waals surface area contributed by atoms with E-state index in [4.69, 9.17) is 0 Å². The van der Waals surface area contributed by atoms with Gasteiger partial charge >= 0.3 is 0 Å². The predicted molar refractivity (Wildman–Crippen MR) is 78.5 cm³/mol. The van der Waals surface area contributed by atoms with Crippen molar-refractivity contribution in [2.24, 2.45) is 0 Å². The molecule has 1 N–H and O–H groups in total. The number of carbonyl (C=O) groups excluding carboxylic acids is 2. The van der Waals surface area contributed by atoms with E-state index in [0.717, 1.165) is 38.6 Å². The Bertz CT molecular complexity index is 480. The topological polar surface area (TPSA) is 49.4 Å². The normalized spacial score (nSPS) is 24.0. The smallest absolute Gasteiger partial charge is 0.247 e. The Kier molecular flexibility index (Phi) is 4.17. The molecule has 4 nitrogen and oxygen atoms in total. The van der Waals surface area contributed by atoms with Gasteiger partial charge in [0.25, 0.3) is 0 Å². The molecular weight excluding hydrogens is 272 g/mol. The van der Waals surface area contributed by atoms with Crippen molar-refractivity contribution in [1.29, 1.82) is 0 Å². The van der Waals surface area contributed by atoms with Crippen LogP contribution in [0.4, 0.5) is 0 Å². The van der Waals surface area contributed by atoms with Gasteiger partial charge in [0.1, 0.15) is 0 Å². The van der Waals surface area contributed by atoms with Crippen molar-refractivity contribution in [2.75, 3.05) is 6.54 Å². The minimum absolute atomic E-state index is 0.00641. The molecule has 3 rings (SSSR count). The molecule has 0 aromatic carbocycles. The summed E-state index contributed by atoms with van der Waals surface area (Å²) in [6.07, 6.45) is 5.49. The van der Waals surface area contributed by atoms with Crippen LogP contribution in [0, 0.1) is 0 Å². The second-order valence-electron chi connectivity index (χ2n) is 5.58. The maximum absolute atomic E-state index is 12.3. The molecule has 0 bridgehead atoms. The molecule has 108 valence electrons. The summed E-state index contributed by atoms with van der Waals surface area (Å²) >= 11 is 1.73. The van der Waals surface area contributed by atoms with Crippen molar-refractivity contribution in [1.82, 2.24) is 10.2 Å². The number of amides is 2. The van der Waals surface area contributed by atoms with Crippen LogP contribution in [-0.2, 0) is 16.0 Å². The first-order chi connectivity index (χ1) is 9.75. The largest absolute Gasteiger partial charge is 0.305 e. The van der Waals surface area contributed by atoms with Gasteiger partial charge in [-0.1, -0.05) is 18.9 Å². The molecule has 1 aliphatic heterocycles. The minimum atomic E-state index is -0.303. The monoisotopic (exact) mass is 292 g/mol. The number of rotatable bonds is 5. The zero-order chi connectivity index (χ0) is 13.9. The highest BCUT2D eigenvalue weighted by Crippen LogP contribution is 2.28. The predicted octanol–water partition coefficient (Wildman–Crippen LogP) is 1.95. The lowest BCUT2D eigenvalue weighted by atomic mass is 10.2. The van der Waals surface area contributed by atoms with Gasteiger partial charge < -0.3 is 5.32 Å². The Morgan fingerprint density at radius 2 is 2.10 bits per heavy atom. The molecule has 2 amide bonds. The number of carbonyl (C=O) groups is 2. The third-order valence-corrected chi connectivity index (χ3v) is 5.15. The van der Waals surface area contributed by atoms with Crippen molar-refractivity contribution < 1.29 is 9.59 Å². The van der Waals surface area contributed by atoms with Crippen molar-refractivity contribution in [3.05, 3.63) is 22.4 Å². The van der Waals surface area contributed by atoms with E-state index in [0.29, 0.717) is 6.42 Å². The number of thiophene rings is 1.